The van der Waals surface area contributed by atoms with Gasteiger partial charge < -0.3 is 19.7 Å². The third-order valence-electron chi connectivity index (χ3n) is 5.19. The number of hydrogen-bond acceptors (Lipinski definition) is 4. The van der Waals surface area contributed by atoms with Crippen molar-refractivity contribution < 1.29 is 23.5 Å². The van der Waals surface area contributed by atoms with Crippen LogP contribution in [0.1, 0.15) is 30.0 Å². The molecule has 2 amide bonds. The van der Waals surface area contributed by atoms with Gasteiger partial charge in [0.05, 0.1) is 31.4 Å². The van der Waals surface area contributed by atoms with Gasteiger partial charge in [-0.15, -0.1) is 0 Å². The zero-order valence-electron chi connectivity index (χ0n) is 18.0. The number of aryl methyl sites for hydroxylation is 1. The first-order valence-corrected chi connectivity index (χ1v) is 10.6. The Morgan fingerprint density at radius 3 is 2.71 bits per heavy atom. The number of hydrogen-bond donors (Lipinski definition) is 1. The molecule has 0 radical (unpaired) electrons. The van der Waals surface area contributed by atoms with E-state index in [0.717, 1.165) is 16.7 Å². The van der Waals surface area contributed by atoms with Gasteiger partial charge in [-0.25, -0.2) is 4.39 Å². The van der Waals surface area contributed by atoms with E-state index < -0.39 is 11.7 Å². The molecule has 0 saturated carbocycles. The van der Waals surface area contributed by atoms with Crippen molar-refractivity contribution in [2.75, 3.05) is 31.3 Å². The highest BCUT2D eigenvalue weighted by atomic mass is 19.1. The number of rotatable bonds is 10. The quantitative estimate of drug-likeness (QED) is 0.590. The number of benzene rings is 2. The zero-order chi connectivity index (χ0) is 22.2. The number of amides is 2. The van der Waals surface area contributed by atoms with Gasteiger partial charge in [-0.2, -0.15) is 0 Å². The molecule has 6 nitrogen and oxygen atoms in total. The molecule has 7 heteroatoms. The first-order valence-electron chi connectivity index (χ1n) is 10.6. The first kappa shape index (κ1) is 22.9. The van der Waals surface area contributed by atoms with E-state index in [1.807, 2.05) is 31.2 Å². The Labute approximate surface area is 182 Å². The SMILES string of the molecule is CCOCCOCc1cccc(CNC(=O)C2CC(=O)N(c3ccc(C)cc3F)C2)c1. The van der Waals surface area contributed by atoms with E-state index in [2.05, 4.69) is 5.32 Å². The lowest BCUT2D eigenvalue weighted by Crippen LogP contribution is -2.32. The lowest BCUT2D eigenvalue weighted by Gasteiger charge is -2.18. The fourth-order valence-corrected chi connectivity index (χ4v) is 3.56. The van der Waals surface area contributed by atoms with E-state index in [1.165, 1.54) is 11.0 Å². The van der Waals surface area contributed by atoms with Gasteiger partial charge in [0.2, 0.25) is 11.8 Å². The number of nitrogens with one attached hydrogen (secondary N) is 1. The summed E-state index contributed by atoms with van der Waals surface area (Å²) in [5, 5.41) is 2.90. The second-order valence-corrected chi connectivity index (χ2v) is 7.65. The van der Waals surface area contributed by atoms with Crippen LogP contribution in [0.5, 0.6) is 0 Å². The minimum absolute atomic E-state index is 0.0763. The summed E-state index contributed by atoms with van der Waals surface area (Å²) >= 11 is 0. The molecule has 166 valence electrons. The molecular weight excluding hydrogens is 399 g/mol. The largest absolute Gasteiger partial charge is 0.379 e. The first-order chi connectivity index (χ1) is 15.0. The molecule has 0 aliphatic carbocycles. The Morgan fingerprint density at radius 1 is 1.16 bits per heavy atom. The van der Waals surface area contributed by atoms with Gasteiger partial charge in [-0.1, -0.05) is 30.3 Å². The number of halogens is 1. The molecule has 1 aliphatic rings. The monoisotopic (exact) mass is 428 g/mol. The molecular formula is C24H29FN2O4. The highest BCUT2D eigenvalue weighted by Crippen LogP contribution is 2.28. The lowest BCUT2D eigenvalue weighted by atomic mass is 10.1. The normalized spacial score (nSPS) is 16.0. The van der Waals surface area contributed by atoms with Crippen molar-refractivity contribution in [1.82, 2.24) is 5.32 Å². The van der Waals surface area contributed by atoms with Crippen LogP contribution < -0.4 is 10.2 Å². The van der Waals surface area contributed by atoms with Crippen LogP contribution in [0.4, 0.5) is 10.1 Å². The fraction of sp³-hybridized carbons (Fsp3) is 0.417. The summed E-state index contributed by atoms with van der Waals surface area (Å²) in [6.45, 7) is 6.51. The predicted octanol–water partition coefficient (Wildman–Crippen LogP) is 3.36. The summed E-state index contributed by atoms with van der Waals surface area (Å²) in [7, 11) is 0. The van der Waals surface area contributed by atoms with E-state index in [1.54, 1.807) is 19.1 Å². The van der Waals surface area contributed by atoms with E-state index >= 15 is 0 Å². The van der Waals surface area contributed by atoms with Crippen LogP contribution in [0.2, 0.25) is 0 Å². The Kier molecular flexibility index (Phi) is 8.14. The van der Waals surface area contributed by atoms with Crippen LogP contribution >= 0.6 is 0 Å². The summed E-state index contributed by atoms with van der Waals surface area (Å²) in [6.07, 6.45) is 0.0763. The van der Waals surface area contributed by atoms with Gasteiger partial charge in [0.25, 0.3) is 0 Å². The van der Waals surface area contributed by atoms with Gasteiger partial charge in [0.1, 0.15) is 5.82 Å². The summed E-state index contributed by atoms with van der Waals surface area (Å²) in [5.74, 6) is -1.40. The standard InChI is InChI=1S/C24H29FN2O4/c1-3-30-9-10-31-16-19-6-4-5-18(12-19)14-26-24(29)20-13-23(28)27(15-20)22-8-7-17(2)11-21(22)25/h4-8,11-12,20H,3,9-10,13-16H2,1-2H3,(H,26,29). The van der Waals surface area contributed by atoms with E-state index in [-0.39, 0.29) is 30.5 Å². The number of carbonyl (C=O) groups is 2. The van der Waals surface area contributed by atoms with Crippen LogP contribution in [0.3, 0.4) is 0 Å². The van der Waals surface area contributed by atoms with Gasteiger partial charge in [0.15, 0.2) is 0 Å². The topological polar surface area (TPSA) is 67.9 Å². The van der Waals surface area contributed by atoms with Crippen molar-refractivity contribution >= 4 is 17.5 Å². The second kappa shape index (κ2) is 11.0. The van der Waals surface area contributed by atoms with Crippen LogP contribution in [-0.4, -0.2) is 38.2 Å². The molecule has 1 atom stereocenters. The van der Waals surface area contributed by atoms with Crippen molar-refractivity contribution in [3.63, 3.8) is 0 Å². The number of ether oxygens (including phenoxy) is 2. The van der Waals surface area contributed by atoms with Crippen LogP contribution in [0.15, 0.2) is 42.5 Å². The molecule has 1 saturated heterocycles. The summed E-state index contributed by atoms with van der Waals surface area (Å²) in [4.78, 5) is 26.3. The molecule has 1 fully saturated rings. The summed E-state index contributed by atoms with van der Waals surface area (Å²) in [6, 6.07) is 12.5. The van der Waals surface area contributed by atoms with E-state index in [0.29, 0.717) is 33.0 Å². The second-order valence-electron chi connectivity index (χ2n) is 7.65. The van der Waals surface area contributed by atoms with Gasteiger partial charge in [-0.05, 0) is 42.7 Å². The maximum absolute atomic E-state index is 14.2. The highest BCUT2D eigenvalue weighted by Gasteiger charge is 2.36. The van der Waals surface area contributed by atoms with Crippen molar-refractivity contribution in [2.45, 2.75) is 33.4 Å². The molecule has 31 heavy (non-hydrogen) atoms. The zero-order valence-corrected chi connectivity index (χ0v) is 18.0. The number of nitrogens with zero attached hydrogens (tertiary/aromatic N) is 1. The maximum atomic E-state index is 14.2. The van der Waals surface area contributed by atoms with Crippen molar-refractivity contribution in [3.05, 3.63) is 65.0 Å². The van der Waals surface area contributed by atoms with Crippen molar-refractivity contribution in [1.29, 1.82) is 0 Å². The average molecular weight is 429 g/mol. The smallest absolute Gasteiger partial charge is 0.227 e. The molecule has 0 aromatic heterocycles. The van der Waals surface area contributed by atoms with Gasteiger partial charge in [-0.3, -0.25) is 9.59 Å². The van der Waals surface area contributed by atoms with Crippen LogP contribution in [0.25, 0.3) is 0 Å². The third-order valence-corrected chi connectivity index (χ3v) is 5.19. The summed E-state index contributed by atoms with van der Waals surface area (Å²) < 4.78 is 25.1. The Morgan fingerprint density at radius 2 is 1.94 bits per heavy atom. The van der Waals surface area contributed by atoms with Crippen molar-refractivity contribution in [3.8, 4) is 0 Å². The average Bonchev–Trinajstić information content (AvgIpc) is 3.14. The Bertz CT molecular complexity index is 918. The maximum Gasteiger partial charge on any atom is 0.227 e. The van der Waals surface area contributed by atoms with Gasteiger partial charge in [0, 0.05) is 26.1 Å². The molecule has 1 unspecified atom stereocenters. The minimum Gasteiger partial charge on any atom is -0.379 e. The van der Waals surface area contributed by atoms with Crippen LogP contribution in [-0.2, 0) is 32.2 Å². The minimum atomic E-state index is -0.502. The fourth-order valence-electron chi connectivity index (χ4n) is 3.56. The summed E-state index contributed by atoms with van der Waals surface area (Å²) in [5.41, 5.74) is 2.97. The molecule has 0 bridgehead atoms. The predicted molar refractivity (Wildman–Crippen MR) is 116 cm³/mol. The van der Waals surface area contributed by atoms with Crippen molar-refractivity contribution in [2.24, 2.45) is 5.92 Å². The lowest BCUT2D eigenvalue weighted by molar-refractivity contribution is -0.126. The molecule has 0 spiro atoms. The Balaban J connectivity index is 1.51. The number of anilines is 1. The molecule has 2 aromatic rings. The molecule has 1 aliphatic heterocycles. The molecule has 1 N–H and O–H groups in total. The number of carbonyl (C=O) groups excluding carboxylic acids is 2. The highest BCUT2D eigenvalue weighted by molar-refractivity contribution is 6.00. The molecule has 2 aromatic carbocycles. The molecule has 1 heterocycles. The third kappa shape index (κ3) is 6.35. The van der Waals surface area contributed by atoms with Crippen LogP contribution in [0, 0.1) is 18.7 Å². The Hall–Kier alpha value is -2.77. The van der Waals surface area contributed by atoms with E-state index in [9.17, 15) is 14.0 Å². The molecule has 3 rings (SSSR count). The van der Waals surface area contributed by atoms with Gasteiger partial charge >= 0.3 is 0 Å². The van der Waals surface area contributed by atoms with E-state index in [4.69, 9.17) is 9.47 Å².